The molecule has 0 radical (unpaired) electrons. The van der Waals surface area contributed by atoms with E-state index in [0.717, 1.165) is 0 Å². The van der Waals surface area contributed by atoms with Gasteiger partial charge in [0.25, 0.3) is 0 Å². The summed E-state index contributed by atoms with van der Waals surface area (Å²) in [5.41, 5.74) is 5.21. The number of hydrogen-bond donors (Lipinski definition) is 2. The second-order valence-corrected chi connectivity index (χ2v) is 5.41. The van der Waals surface area contributed by atoms with Gasteiger partial charge in [0.05, 0.1) is 6.04 Å². The van der Waals surface area contributed by atoms with Crippen molar-refractivity contribution in [3.8, 4) is 0 Å². The molecule has 0 aliphatic heterocycles. The first kappa shape index (κ1) is 15.6. The summed E-state index contributed by atoms with van der Waals surface area (Å²) in [7, 11) is 0. The van der Waals surface area contributed by atoms with Crippen molar-refractivity contribution in [2.24, 2.45) is 5.73 Å². The summed E-state index contributed by atoms with van der Waals surface area (Å²) in [5.74, 6) is -1.59. The minimum Gasteiger partial charge on any atom is -0.349 e. The molecule has 0 fully saturated rings. The van der Waals surface area contributed by atoms with Crippen molar-refractivity contribution in [3.63, 3.8) is 0 Å². The Balaban J connectivity index is 2.65. The van der Waals surface area contributed by atoms with Gasteiger partial charge in [0.15, 0.2) is 0 Å². The highest BCUT2D eigenvalue weighted by Crippen LogP contribution is 2.20. The molecular formula is C14H20F2N2O. The molecule has 0 spiro atoms. The summed E-state index contributed by atoms with van der Waals surface area (Å²) < 4.78 is 27.0. The van der Waals surface area contributed by atoms with Crippen LogP contribution in [0.5, 0.6) is 0 Å². The topological polar surface area (TPSA) is 55.1 Å². The van der Waals surface area contributed by atoms with Gasteiger partial charge in [-0.1, -0.05) is 6.07 Å². The van der Waals surface area contributed by atoms with Crippen LogP contribution >= 0.6 is 0 Å². The van der Waals surface area contributed by atoms with Gasteiger partial charge >= 0.3 is 0 Å². The fraction of sp³-hybridized carbons (Fsp3) is 0.500. The van der Waals surface area contributed by atoms with Crippen LogP contribution in [-0.4, -0.2) is 11.4 Å². The number of amides is 1. The fourth-order valence-corrected chi connectivity index (χ4v) is 1.75. The highest BCUT2D eigenvalue weighted by molar-refractivity contribution is 5.76. The van der Waals surface area contributed by atoms with Crippen LogP contribution in [0.2, 0.25) is 0 Å². The Bertz CT molecular complexity index is 435. The van der Waals surface area contributed by atoms with Gasteiger partial charge in [-0.25, -0.2) is 8.78 Å². The van der Waals surface area contributed by atoms with Crippen LogP contribution in [0, 0.1) is 11.6 Å². The number of rotatable bonds is 5. The molecule has 5 heteroatoms. The van der Waals surface area contributed by atoms with Crippen molar-refractivity contribution in [1.29, 1.82) is 0 Å². The van der Waals surface area contributed by atoms with Crippen molar-refractivity contribution in [2.45, 2.75) is 45.2 Å². The third-order valence-corrected chi connectivity index (χ3v) is 2.81. The first-order valence-electron chi connectivity index (χ1n) is 6.23. The molecule has 1 amide bonds. The first-order chi connectivity index (χ1) is 8.70. The Morgan fingerprint density at radius 1 is 1.37 bits per heavy atom. The van der Waals surface area contributed by atoms with E-state index >= 15 is 0 Å². The highest BCUT2D eigenvalue weighted by Gasteiger charge is 2.19. The summed E-state index contributed by atoms with van der Waals surface area (Å²) in [5, 5.41) is 2.58. The number of benzene rings is 1. The number of carbonyl (C=O) groups excluding carboxylic acids is 1. The lowest BCUT2D eigenvalue weighted by Gasteiger charge is -2.20. The molecule has 0 saturated heterocycles. The van der Waals surface area contributed by atoms with Crippen LogP contribution in [0.1, 0.15) is 45.2 Å². The average molecular weight is 270 g/mol. The van der Waals surface area contributed by atoms with Crippen molar-refractivity contribution in [3.05, 3.63) is 35.4 Å². The molecule has 1 aromatic rings. The van der Waals surface area contributed by atoms with Gasteiger partial charge < -0.3 is 11.1 Å². The molecule has 0 saturated carbocycles. The molecule has 0 aliphatic rings. The lowest BCUT2D eigenvalue weighted by Crippen LogP contribution is -2.35. The van der Waals surface area contributed by atoms with E-state index in [4.69, 9.17) is 5.73 Å². The number of hydrogen-bond acceptors (Lipinski definition) is 2. The van der Waals surface area contributed by atoms with Crippen LogP contribution < -0.4 is 11.1 Å². The zero-order valence-corrected chi connectivity index (χ0v) is 11.5. The Hall–Kier alpha value is -1.49. The predicted octanol–water partition coefficient (Wildman–Crippen LogP) is 2.66. The van der Waals surface area contributed by atoms with E-state index in [2.05, 4.69) is 5.32 Å². The summed E-state index contributed by atoms with van der Waals surface area (Å²) in [6.07, 6.45) is 0.731. The van der Waals surface area contributed by atoms with Crippen molar-refractivity contribution >= 4 is 5.91 Å². The molecule has 1 aromatic carbocycles. The minimum absolute atomic E-state index is 0.122. The predicted molar refractivity (Wildman–Crippen MR) is 70.4 cm³/mol. The van der Waals surface area contributed by atoms with Gasteiger partial charge in [-0.05, 0) is 39.3 Å². The first-order valence-corrected chi connectivity index (χ1v) is 6.23. The van der Waals surface area contributed by atoms with E-state index in [1.807, 2.05) is 13.8 Å². The van der Waals surface area contributed by atoms with Crippen LogP contribution in [-0.2, 0) is 4.79 Å². The third-order valence-electron chi connectivity index (χ3n) is 2.81. The van der Waals surface area contributed by atoms with Gasteiger partial charge in [-0.2, -0.15) is 0 Å². The molecule has 0 aliphatic carbocycles. The molecule has 1 rings (SSSR count). The van der Waals surface area contributed by atoms with Crippen molar-refractivity contribution in [1.82, 2.24) is 5.32 Å². The monoisotopic (exact) mass is 270 g/mol. The standard InChI is InChI=1S/C14H20F2N2O/c1-9(13-10(15)5-4-6-11(13)16)18-12(19)7-8-14(2,3)17/h4-6,9H,7-8,17H2,1-3H3,(H,18,19). The minimum atomic E-state index is -0.713. The van der Waals surface area contributed by atoms with Crippen LogP contribution in [0.4, 0.5) is 8.78 Å². The normalized spacial score (nSPS) is 13.2. The second kappa shape index (κ2) is 6.10. The zero-order chi connectivity index (χ0) is 14.6. The number of nitrogens with one attached hydrogen (secondary N) is 1. The zero-order valence-electron chi connectivity index (χ0n) is 11.5. The van der Waals surface area contributed by atoms with E-state index in [0.29, 0.717) is 6.42 Å². The van der Waals surface area contributed by atoms with Gasteiger partial charge in [0.2, 0.25) is 5.91 Å². The van der Waals surface area contributed by atoms with Crippen LogP contribution in [0.15, 0.2) is 18.2 Å². The van der Waals surface area contributed by atoms with Gasteiger partial charge in [-0.3, -0.25) is 4.79 Å². The lowest BCUT2D eigenvalue weighted by atomic mass is 9.99. The Morgan fingerprint density at radius 3 is 2.37 bits per heavy atom. The molecule has 0 aromatic heterocycles. The van der Waals surface area contributed by atoms with Crippen molar-refractivity contribution in [2.75, 3.05) is 0 Å². The number of nitrogens with two attached hydrogens (primary N) is 1. The van der Waals surface area contributed by atoms with Crippen molar-refractivity contribution < 1.29 is 13.6 Å². The molecule has 1 atom stereocenters. The molecule has 19 heavy (non-hydrogen) atoms. The molecule has 0 heterocycles. The molecule has 3 nitrogen and oxygen atoms in total. The maximum Gasteiger partial charge on any atom is 0.220 e. The third kappa shape index (κ3) is 4.95. The molecule has 0 bridgehead atoms. The molecular weight excluding hydrogens is 250 g/mol. The fourth-order valence-electron chi connectivity index (χ4n) is 1.75. The summed E-state index contributed by atoms with van der Waals surface area (Å²) in [6, 6.07) is 2.92. The molecule has 1 unspecified atom stereocenters. The van der Waals surface area contributed by atoms with E-state index in [9.17, 15) is 13.6 Å². The highest BCUT2D eigenvalue weighted by atomic mass is 19.1. The van der Waals surface area contributed by atoms with Gasteiger partial charge in [0, 0.05) is 17.5 Å². The van der Waals surface area contributed by atoms with E-state index in [1.165, 1.54) is 18.2 Å². The van der Waals surface area contributed by atoms with E-state index in [-0.39, 0.29) is 17.9 Å². The number of halogens is 2. The number of carbonyl (C=O) groups is 1. The van der Waals surface area contributed by atoms with Crippen LogP contribution in [0.3, 0.4) is 0 Å². The van der Waals surface area contributed by atoms with E-state index < -0.39 is 23.2 Å². The molecule has 106 valence electrons. The summed E-state index contributed by atoms with van der Waals surface area (Å²) >= 11 is 0. The Labute approximate surface area is 112 Å². The maximum atomic E-state index is 13.5. The lowest BCUT2D eigenvalue weighted by molar-refractivity contribution is -0.122. The Kier molecular flexibility index (Phi) is 5.00. The van der Waals surface area contributed by atoms with Gasteiger partial charge in [0.1, 0.15) is 11.6 Å². The van der Waals surface area contributed by atoms with E-state index in [1.54, 1.807) is 6.92 Å². The second-order valence-electron chi connectivity index (χ2n) is 5.41. The molecule has 3 N–H and O–H groups in total. The maximum absolute atomic E-state index is 13.5. The van der Waals surface area contributed by atoms with Crippen LogP contribution in [0.25, 0.3) is 0 Å². The van der Waals surface area contributed by atoms with Gasteiger partial charge in [-0.15, -0.1) is 0 Å². The SMILES string of the molecule is CC(NC(=O)CCC(C)(C)N)c1c(F)cccc1F. The summed E-state index contributed by atoms with van der Waals surface area (Å²) in [4.78, 5) is 11.7. The smallest absolute Gasteiger partial charge is 0.220 e. The largest absolute Gasteiger partial charge is 0.349 e. The Morgan fingerprint density at radius 2 is 1.89 bits per heavy atom. The quantitative estimate of drug-likeness (QED) is 0.864. The summed E-state index contributed by atoms with van der Waals surface area (Å²) in [6.45, 7) is 5.19. The average Bonchev–Trinajstić information content (AvgIpc) is 2.25.